The van der Waals surface area contributed by atoms with E-state index in [1.54, 1.807) is 0 Å². The Hall–Kier alpha value is -2.36. The second-order valence-electron chi connectivity index (χ2n) is 4.90. The molecular weight excluding hydrogens is 248 g/mol. The molecule has 1 aromatic carbocycles. The molecule has 0 N–H and O–H groups in total. The maximum absolute atomic E-state index is 4.49. The van der Waals surface area contributed by atoms with Gasteiger partial charge in [-0.15, -0.1) is 0 Å². The number of hydrogen-bond acceptors (Lipinski definition) is 2. The molecule has 0 bridgehead atoms. The molecule has 4 nitrogen and oxygen atoms in total. The van der Waals surface area contributed by atoms with Crippen molar-refractivity contribution in [2.24, 2.45) is 7.05 Å². The summed E-state index contributed by atoms with van der Waals surface area (Å²) in [5.74, 6) is 0. The van der Waals surface area contributed by atoms with E-state index in [9.17, 15) is 0 Å². The molecule has 0 saturated carbocycles. The van der Waals surface area contributed by atoms with Gasteiger partial charge in [0.15, 0.2) is 0 Å². The Balaban J connectivity index is 1.97. The van der Waals surface area contributed by atoms with E-state index in [1.165, 1.54) is 16.7 Å². The van der Waals surface area contributed by atoms with Crippen molar-refractivity contribution in [1.82, 2.24) is 19.6 Å². The second kappa shape index (κ2) is 4.96. The van der Waals surface area contributed by atoms with Gasteiger partial charge in [-0.3, -0.25) is 9.36 Å². The number of hydrogen-bond donors (Lipinski definition) is 0. The first kappa shape index (κ1) is 12.7. The fourth-order valence-corrected chi connectivity index (χ4v) is 2.44. The Morgan fingerprint density at radius 3 is 2.30 bits per heavy atom. The van der Waals surface area contributed by atoms with Crippen LogP contribution in [-0.2, 0) is 13.6 Å². The number of aryl methyl sites for hydroxylation is 3. The average molecular weight is 266 g/mol. The molecule has 0 unspecified atom stereocenters. The lowest BCUT2D eigenvalue weighted by atomic mass is 10.0. The van der Waals surface area contributed by atoms with E-state index in [1.807, 2.05) is 28.7 Å². The van der Waals surface area contributed by atoms with Crippen LogP contribution in [0.4, 0.5) is 0 Å². The molecule has 2 heterocycles. The van der Waals surface area contributed by atoms with Gasteiger partial charge in [0, 0.05) is 31.5 Å². The summed E-state index contributed by atoms with van der Waals surface area (Å²) in [6, 6.07) is 10.6. The summed E-state index contributed by atoms with van der Waals surface area (Å²) in [6.45, 7) is 5.05. The zero-order valence-corrected chi connectivity index (χ0v) is 12.0. The number of rotatable bonds is 3. The Morgan fingerprint density at radius 2 is 1.75 bits per heavy atom. The minimum absolute atomic E-state index is 0.897. The van der Waals surface area contributed by atoms with Crippen LogP contribution in [0.1, 0.15) is 12.6 Å². The summed E-state index contributed by atoms with van der Waals surface area (Å²) in [5.41, 5.74) is 5.77. The van der Waals surface area contributed by atoms with Crippen molar-refractivity contribution in [3.63, 3.8) is 0 Å². The number of nitrogens with zero attached hydrogens (tertiary/aromatic N) is 4. The van der Waals surface area contributed by atoms with E-state index in [0.717, 1.165) is 17.9 Å². The van der Waals surface area contributed by atoms with Crippen molar-refractivity contribution in [3.05, 3.63) is 48.4 Å². The van der Waals surface area contributed by atoms with Gasteiger partial charge in [-0.05, 0) is 31.0 Å². The predicted octanol–water partition coefficient (Wildman–Crippen LogP) is 3.28. The second-order valence-corrected chi connectivity index (χ2v) is 4.90. The van der Waals surface area contributed by atoms with Gasteiger partial charge in [0.05, 0.1) is 11.4 Å². The molecule has 0 aliphatic heterocycles. The van der Waals surface area contributed by atoms with Gasteiger partial charge < -0.3 is 0 Å². The summed E-state index contributed by atoms with van der Waals surface area (Å²) < 4.78 is 3.86. The molecule has 0 aliphatic rings. The highest BCUT2D eigenvalue weighted by atomic mass is 15.3. The minimum atomic E-state index is 0.897. The maximum Gasteiger partial charge on any atom is 0.0678 e. The van der Waals surface area contributed by atoms with Crippen molar-refractivity contribution in [2.75, 3.05) is 0 Å². The van der Waals surface area contributed by atoms with Crippen LogP contribution < -0.4 is 0 Å². The molecule has 0 saturated heterocycles. The molecule has 0 amide bonds. The molecular formula is C16H18N4. The Kier molecular flexibility index (Phi) is 3.14. The molecule has 0 aliphatic carbocycles. The molecule has 0 spiro atoms. The van der Waals surface area contributed by atoms with Crippen molar-refractivity contribution >= 4 is 0 Å². The van der Waals surface area contributed by atoms with Crippen LogP contribution in [0.3, 0.4) is 0 Å². The summed E-state index contributed by atoms with van der Waals surface area (Å²) in [4.78, 5) is 0. The quantitative estimate of drug-likeness (QED) is 0.729. The SMILES string of the molecule is CCn1cc(-c2ccc(-c3ccnn3C)cc2)c(C)n1. The third-order valence-corrected chi connectivity index (χ3v) is 3.58. The van der Waals surface area contributed by atoms with Gasteiger partial charge in [-0.1, -0.05) is 24.3 Å². The van der Waals surface area contributed by atoms with Gasteiger partial charge in [-0.25, -0.2) is 0 Å². The van der Waals surface area contributed by atoms with E-state index in [4.69, 9.17) is 0 Å². The molecule has 0 fully saturated rings. The normalized spacial score (nSPS) is 10.9. The predicted molar refractivity (Wildman–Crippen MR) is 80.3 cm³/mol. The lowest BCUT2D eigenvalue weighted by Gasteiger charge is -2.04. The van der Waals surface area contributed by atoms with Gasteiger partial charge in [0.25, 0.3) is 0 Å². The maximum atomic E-state index is 4.49. The lowest BCUT2D eigenvalue weighted by Crippen LogP contribution is -1.93. The number of aromatic nitrogens is 4. The standard InChI is InChI=1S/C16H18N4/c1-4-20-11-15(12(2)18-20)13-5-7-14(8-6-13)16-9-10-17-19(16)3/h5-11H,4H2,1-3H3. The first-order valence-electron chi connectivity index (χ1n) is 6.82. The fourth-order valence-electron chi connectivity index (χ4n) is 2.44. The molecule has 0 atom stereocenters. The van der Waals surface area contributed by atoms with Gasteiger partial charge in [0.2, 0.25) is 0 Å². The molecule has 20 heavy (non-hydrogen) atoms. The van der Waals surface area contributed by atoms with Gasteiger partial charge in [0.1, 0.15) is 0 Å². The van der Waals surface area contributed by atoms with Crippen LogP contribution in [0.2, 0.25) is 0 Å². The topological polar surface area (TPSA) is 35.6 Å². The molecule has 2 aromatic heterocycles. The Labute approximate surface area is 118 Å². The molecule has 102 valence electrons. The minimum Gasteiger partial charge on any atom is -0.272 e. The third kappa shape index (κ3) is 2.13. The third-order valence-electron chi connectivity index (χ3n) is 3.58. The monoisotopic (exact) mass is 266 g/mol. The Morgan fingerprint density at radius 1 is 1.05 bits per heavy atom. The Bertz CT molecular complexity index is 719. The summed E-state index contributed by atoms with van der Waals surface area (Å²) in [6.07, 6.45) is 3.92. The van der Waals surface area contributed by atoms with Crippen molar-refractivity contribution < 1.29 is 0 Å². The van der Waals surface area contributed by atoms with Crippen LogP contribution in [0.15, 0.2) is 42.7 Å². The fraction of sp³-hybridized carbons (Fsp3) is 0.250. The van der Waals surface area contributed by atoms with Gasteiger partial charge >= 0.3 is 0 Å². The highest BCUT2D eigenvalue weighted by molar-refractivity contribution is 5.69. The van der Waals surface area contributed by atoms with E-state index >= 15 is 0 Å². The first-order chi connectivity index (χ1) is 9.69. The zero-order valence-electron chi connectivity index (χ0n) is 12.0. The van der Waals surface area contributed by atoms with Crippen molar-refractivity contribution in [3.8, 4) is 22.4 Å². The van der Waals surface area contributed by atoms with E-state index in [0.29, 0.717) is 0 Å². The molecule has 0 radical (unpaired) electrons. The van der Waals surface area contributed by atoms with Crippen LogP contribution in [0.5, 0.6) is 0 Å². The highest BCUT2D eigenvalue weighted by Crippen LogP contribution is 2.26. The van der Waals surface area contributed by atoms with E-state index in [2.05, 4.69) is 54.5 Å². The van der Waals surface area contributed by atoms with Crippen LogP contribution in [0, 0.1) is 6.92 Å². The molecule has 3 aromatic rings. The van der Waals surface area contributed by atoms with Crippen molar-refractivity contribution in [1.29, 1.82) is 0 Å². The van der Waals surface area contributed by atoms with Crippen molar-refractivity contribution in [2.45, 2.75) is 20.4 Å². The molecule has 4 heteroatoms. The zero-order chi connectivity index (χ0) is 14.1. The summed E-state index contributed by atoms with van der Waals surface area (Å²) in [5, 5.41) is 8.70. The van der Waals surface area contributed by atoms with Crippen LogP contribution in [0.25, 0.3) is 22.4 Å². The van der Waals surface area contributed by atoms with E-state index in [-0.39, 0.29) is 0 Å². The average Bonchev–Trinajstić information content (AvgIpc) is 3.05. The van der Waals surface area contributed by atoms with E-state index < -0.39 is 0 Å². The summed E-state index contributed by atoms with van der Waals surface area (Å²) >= 11 is 0. The largest absolute Gasteiger partial charge is 0.272 e. The summed E-state index contributed by atoms with van der Waals surface area (Å²) in [7, 11) is 1.96. The lowest BCUT2D eigenvalue weighted by molar-refractivity contribution is 0.653. The number of benzene rings is 1. The van der Waals surface area contributed by atoms with Crippen LogP contribution in [-0.4, -0.2) is 19.6 Å². The molecule has 3 rings (SSSR count). The first-order valence-corrected chi connectivity index (χ1v) is 6.82. The van der Waals surface area contributed by atoms with Crippen LogP contribution >= 0.6 is 0 Å². The van der Waals surface area contributed by atoms with Gasteiger partial charge in [-0.2, -0.15) is 10.2 Å². The highest BCUT2D eigenvalue weighted by Gasteiger charge is 2.08. The smallest absolute Gasteiger partial charge is 0.0678 e.